The number of benzene rings is 2. The first-order chi connectivity index (χ1) is 14.5. The largest absolute Gasteiger partial charge is 0.324 e. The summed E-state index contributed by atoms with van der Waals surface area (Å²) in [5, 5.41) is 3.67. The Balaban J connectivity index is 1.36. The number of nitrogens with one attached hydrogen (secondary N) is 1. The Hall–Kier alpha value is -2.41. The second-order valence-corrected chi connectivity index (χ2v) is 8.50. The van der Waals surface area contributed by atoms with Gasteiger partial charge in [0.2, 0.25) is 11.8 Å². The Bertz CT molecular complexity index is 910. The van der Waals surface area contributed by atoms with E-state index in [1.165, 1.54) is 5.56 Å². The summed E-state index contributed by atoms with van der Waals surface area (Å²) in [6.45, 7) is 6.72. The van der Waals surface area contributed by atoms with E-state index < -0.39 is 0 Å². The molecule has 4 rings (SSSR count). The molecule has 1 saturated heterocycles. The van der Waals surface area contributed by atoms with Crippen LogP contribution in [0.5, 0.6) is 0 Å². The quantitative estimate of drug-likeness (QED) is 0.815. The number of nitrogens with zero attached hydrogens (tertiary/aromatic N) is 3. The first-order valence-corrected chi connectivity index (χ1v) is 10.8. The summed E-state index contributed by atoms with van der Waals surface area (Å²) >= 11 is 5.97. The van der Waals surface area contributed by atoms with Crippen LogP contribution in [-0.4, -0.2) is 60.4 Å². The van der Waals surface area contributed by atoms with Crippen LogP contribution < -0.4 is 10.2 Å². The summed E-state index contributed by atoms with van der Waals surface area (Å²) in [4.78, 5) is 31.8. The first-order valence-electron chi connectivity index (χ1n) is 10.4. The molecule has 1 atom stereocenters. The van der Waals surface area contributed by atoms with Crippen molar-refractivity contribution in [3.05, 3.63) is 59.1 Å². The fourth-order valence-electron chi connectivity index (χ4n) is 4.19. The van der Waals surface area contributed by atoms with Gasteiger partial charge in [0.1, 0.15) is 0 Å². The van der Waals surface area contributed by atoms with E-state index in [4.69, 9.17) is 11.6 Å². The summed E-state index contributed by atoms with van der Waals surface area (Å²) < 4.78 is 0. The summed E-state index contributed by atoms with van der Waals surface area (Å²) in [7, 11) is 0. The molecule has 7 heteroatoms. The predicted molar refractivity (Wildman–Crippen MR) is 120 cm³/mol. The average Bonchev–Trinajstić information content (AvgIpc) is 2.85. The van der Waals surface area contributed by atoms with Crippen molar-refractivity contribution in [2.24, 2.45) is 0 Å². The summed E-state index contributed by atoms with van der Waals surface area (Å²) in [5.41, 5.74) is 2.73. The number of amides is 2. The Morgan fingerprint density at radius 1 is 1.03 bits per heavy atom. The van der Waals surface area contributed by atoms with Crippen molar-refractivity contribution in [1.82, 2.24) is 9.80 Å². The monoisotopic (exact) mass is 426 g/mol. The Labute approximate surface area is 182 Å². The standard InChI is InChI=1S/C23H27ClN4O2/c1-17-14-22(29)25-20-4-2-3-5-21(20)28(17)23(30)16-27-12-10-26(11-13-27)15-18-6-8-19(24)9-7-18/h2-9,17H,10-16H2,1H3,(H,25,29)/t17-/m1/s1. The maximum absolute atomic E-state index is 13.2. The molecule has 2 aromatic carbocycles. The molecular weight excluding hydrogens is 400 g/mol. The lowest BCUT2D eigenvalue weighted by Crippen LogP contribution is -2.51. The lowest BCUT2D eigenvalue weighted by Gasteiger charge is -2.36. The van der Waals surface area contributed by atoms with Crippen molar-refractivity contribution >= 4 is 34.8 Å². The second kappa shape index (κ2) is 9.16. The number of anilines is 2. The van der Waals surface area contributed by atoms with Crippen LogP contribution in [0.25, 0.3) is 0 Å². The van der Waals surface area contributed by atoms with E-state index in [2.05, 4.69) is 27.2 Å². The van der Waals surface area contributed by atoms with Crippen molar-refractivity contribution < 1.29 is 9.59 Å². The van der Waals surface area contributed by atoms with Gasteiger partial charge in [-0.3, -0.25) is 19.4 Å². The minimum atomic E-state index is -0.174. The molecule has 6 nitrogen and oxygen atoms in total. The van der Waals surface area contributed by atoms with Crippen LogP contribution in [-0.2, 0) is 16.1 Å². The number of hydrogen-bond donors (Lipinski definition) is 1. The average molecular weight is 427 g/mol. The van der Waals surface area contributed by atoms with Gasteiger partial charge in [-0.15, -0.1) is 0 Å². The molecule has 0 bridgehead atoms. The van der Waals surface area contributed by atoms with Gasteiger partial charge < -0.3 is 10.2 Å². The van der Waals surface area contributed by atoms with E-state index in [0.29, 0.717) is 18.7 Å². The Morgan fingerprint density at radius 3 is 2.43 bits per heavy atom. The van der Waals surface area contributed by atoms with Gasteiger partial charge in [0.25, 0.3) is 0 Å². The molecule has 0 aromatic heterocycles. The molecule has 2 heterocycles. The molecule has 0 unspecified atom stereocenters. The molecular formula is C23H27ClN4O2. The molecule has 2 amide bonds. The molecule has 0 radical (unpaired) electrons. The highest BCUT2D eigenvalue weighted by Gasteiger charge is 2.31. The smallest absolute Gasteiger partial charge is 0.241 e. The van der Waals surface area contributed by atoms with Crippen molar-refractivity contribution in [2.45, 2.75) is 25.9 Å². The van der Waals surface area contributed by atoms with Crippen LogP contribution in [0.4, 0.5) is 11.4 Å². The highest BCUT2D eigenvalue weighted by molar-refractivity contribution is 6.30. The van der Waals surface area contributed by atoms with Gasteiger partial charge in [0.05, 0.1) is 17.9 Å². The van der Waals surface area contributed by atoms with Crippen molar-refractivity contribution in [3.8, 4) is 0 Å². The zero-order valence-corrected chi connectivity index (χ0v) is 17.9. The van der Waals surface area contributed by atoms with Gasteiger partial charge >= 0.3 is 0 Å². The first kappa shape index (κ1) is 20.8. The third-order valence-electron chi connectivity index (χ3n) is 5.77. The number of carbonyl (C=O) groups is 2. The summed E-state index contributed by atoms with van der Waals surface area (Å²) in [6, 6.07) is 15.3. The SMILES string of the molecule is C[C@@H]1CC(=O)Nc2ccccc2N1C(=O)CN1CCN(Cc2ccc(Cl)cc2)CC1. The molecule has 0 aliphatic carbocycles. The van der Waals surface area contributed by atoms with Crippen LogP contribution in [0.1, 0.15) is 18.9 Å². The van der Waals surface area contributed by atoms with Gasteiger partial charge in [-0.1, -0.05) is 35.9 Å². The van der Waals surface area contributed by atoms with Crippen LogP contribution in [0, 0.1) is 0 Å². The third-order valence-corrected chi connectivity index (χ3v) is 6.02. The second-order valence-electron chi connectivity index (χ2n) is 8.06. The van der Waals surface area contributed by atoms with Crippen LogP contribution in [0.3, 0.4) is 0 Å². The molecule has 2 aromatic rings. The molecule has 1 fully saturated rings. The van der Waals surface area contributed by atoms with Crippen LogP contribution in [0.15, 0.2) is 48.5 Å². The van der Waals surface area contributed by atoms with Gasteiger partial charge in [0.15, 0.2) is 0 Å². The molecule has 0 spiro atoms. The molecule has 2 aliphatic rings. The maximum Gasteiger partial charge on any atom is 0.241 e. The number of fused-ring (bicyclic) bond motifs is 1. The zero-order chi connectivity index (χ0) is 21.1. The fourth-order valence-corrected chi connectivity index (χ4v) is 4.31. The van der Waals surface area contributed by atoms with E-state index in [0.717, 1.165) is 43.4 Å². The number of rotatable bonds is 4. The normalized spacial score (nSPS) is 20.4. The Morgan fingerprint density at radius 2 is 1.70 bits per heavy atom. The van der Waals surface area contributed by atoms with Gasteiger partial charge in [-0.25, -0.2) is 0 Å². The maximum atomic E-state index is 13.2. The number of carbonyl (C=O) groups excluding carboxylic acids is 2. The van der Waals surface area contributed by atoms with E-state index >= 15 is 0 Å². The van der Waals surface area contributed by atoms with E-state index in [9.17, 15) is 9.59 Å². The fraction of sp³-hybridized carbons (Fsp3) is 0.391. The predicted octanol–water partition coefficient (Wildman–Crippen LogP) is 3.22. The number of piperazine rings is 1. The number of para-hydroxylation sites is 2. The van der Waals surface area contributed by atoms with Gasteiger partial charge in [0, 0.05) is 50.2 Å². The minimum absolute atomic E-state index is 0.0394. The van der Waals surface area contributed by atoms with Crippen LogP contribution >= 0.6 is 11.6 Å². The van der Waals surface area contributed by atoms with E-state index in [1.54, 1.807) is 4.90 Å². The summed E-state index contributed by atoms with van der Waals surface area (Å²) in [6.07, 6.45) is 0.301. The summed E-state index contributed by atoms with van der Waals surface area (Å²) in [5.74, 6) is -0.0151. The molecule has 30 heavy (non-hydrogen) atoms. The molecule has 158 valence electrons. The highest BCUT2D eigenvalue weighted by Crippen LogP contribution is 2.31. The number of halogens is 1. The van der Waals surface area contributed by atoms with Gasteiger partial charge in [-0.05, 0) is 36.8 Å². The van der Waals surface area contributed by atoms with Crippen LogP contribution in [0.2, 0.25) is 5.02 Å². The lowest BCUT2D eigenvalue weighted by molar-refractivity contribution is -0.120. The lowest BCUT2D eigenvalue weighted by atomic mass is 10.1. The van der Waals surface area contributed by atoms with Crippen molar-refractivity contribution in [3.63, 3.8) is 0 Å². The minimum Gasteiger partial charge on any atom is -0.324 e. The topological polar surface area (TPSA) is 55.9 Å². The van der Waals surface area contributed by atoms with E-state index in [1.807, 2.05) is 43.3 Å². The number of hydrogen-bond acceptors (Lipinski definition) is 4. The van der Waals surface area contributed by atoms with Crippen molar-refractivity contribution in [2.75, 3.05) is 42.9 Å². The van der Waals surface area contributed by atoms with Gasteiger partial charge in [-0.2, -0.15) is 0 Å². The third kappa shape index (κ3) is 4.83. The molecule has 2 aliphatic heterocycles. The molecule has 1 N–H and O–H groups in total. The Kier molecular flexibility index (Phi) is 6.37. The zero-order valence-electron chi connectivity index (χ0n) is 17.2. The highest BCUT2D eigenvalue weighted by atomic mass is 35.5. The van der Waals surface area contributed by atoms with E-state index in [-0.39, 0.29) is 17.9 Å². The van der Waals surface area contributed by atoms with Crippen molar-refractivity contribution in [1.29, 1.82) is 0 Å². The molecule has 0 saturated carbocycles.